The van der Waals surface area contributed by atoms with E-state index in [-0.39, 0.29) is 5.56 Å². The Morgan fingerprint density at radius 1 is 1.23 bits per heavy atom. The minimum absolute atomic E-state index is 0.233. The molecule has 1 aromatic carbocycles. The predicted molar refractivity (Wildman–Crippen MR) is 86.5 cm³/mol. The maximum Gasteiger partial charge on any atom is 0.251 e. The van der Waals surface area contributed by atoms with Crippen LogP contribution < -0.4 is 11.3 Å². The number of anilines is 1. The molecule has 0 aliphatic heterocycles. The first-order valence-corrected chi connectivity index (χ1v) is 7.09. The zero-order chi connectivity index (χ0) is 15.7. The van der Waals surface area contributed by atoms with E-state index in [4.69, 9.17) is 10.2 Å². The Morgan fingerprint density at radius 3 is 2.68 bits per heavy atom. The van der Waals surface area contributed by atoms with Gasteiger partial charge in [-0.3, -0.25) is 4.79 Å². The molecule has 0 saturated heterocycles. The summed E-state index contributed by atoms with van der Waals surface area (Å²) in [4.78, 5) is 19.0. The van der Waals surface area contributed by atoms with Crippen LogP contribution in [0.1, 0.15) is 25.3 Å². The summed E-state index contributed by atoms with van der Waals surface area (Å²) >= 11 is 0. The number of nitrogens with two attached hydrogens (primary N) is 1. The normalized spacial score (nSPS) is 11.0. The van der Waals surface area contributed by atoms with Crippen LogP contribution in [0.2, 0.25) is 0 Å². The predicted octanol–water partition coefficient (Wildman–Crippen LogP) is 3.40. The van der Waals surface area contributed by atoms with Crippen LogP contribution >= 0.6 is 0 Å². The first kappa shape index (κ1) is 14.1. The minimum atomic E-state index is -0.233. The molecule has 0 amide bonds. The number of hydrogen-bond acceptors (Lipinski definition) is 4. The molecule has 5 nitrogen and oxygen atoms in total. The molecule has 0 atom stereocenters. The average Bonchev–Trinajstić information content (AvgIpc) is 3.00. The van der Waals surface area contributed by atoms with E-state index in [9.17, 15) is 4.79 Å². The van der Waals surface area contributed by atoms with Crippen molar-refractivity contribution in [3.8, 4) is 22.8 Å². The number of nitrogens with one attached hydrogen (secondary N) is 1. The summed E-state index contributed by atoms with van der Waals surface area (Å²) in [5, 5.41) is 0. The first-order valence-electron chi connectivity index (χ1n) is 7.09. The molecule has 5 heteroatoms. The van der Waals surface area contributed by atoms with Gasteiger partial charge in [0.05, 0.1) is 12.0 Å². The summed E-state index contributed by atoms with van der Waals surface area (Å²) in [7, 11) is 0. The monoisotopic (exact) mass is 295 g/mol. The second-order valence-electron chi connectivity index (χ2n) is 5.45. The highest BCUT2D eigenvalue weighted by molar-refractivity contribution is 5.67. The van der Waals surface area contributed by atoms with Crippen LogP contribution in [-0.4, -0.2) is 9.97 Å². The quantitative estimate of drug-likeness (QED) is 0.725. The SMILES string of the molecule is CC(C)c1ccc(-c2cc(=O)[nH]c(-c3ccco3)n2)cc1N. The van der Waals surface area contributed by atoms with Crippen LogP contribution in [0.25, 0.3) is 22.8 Å². The topological polar surface area (TPSA) is 84.9 Å². The zero-order valence-corrected chi connectivity index (χ0v) is 12.5. The maximum atomic E-state index is 11.9. The van der Waals surface area contributed by atoms with Crippen molar-refractivity contribution in [2.75, 3.05) is 5.73 Å². The summed E-state index contributed by atoms with van der Waals surface area (Å²) in [6.45, 7) is 4.18. The molecular weight excluding hydrogens is 278 g/mol. The standard InChI is InChI=1S/C17H17N3O2/c1-10(2)12-6-5-11(8-13(12)18)14-9-16(21)20-17(19-14)15-4-3-7-22-15/h3-10H,18H2,1-2H3,(H,19,20,21). The molecule has 0 spiro atoms. The van der Waals surface area contributed by atoms with Gasteiger partial charge in [-0.05, 0) is 29.7 Å². The van der Waals surface area contributed by atoms with Gasteiger partial charge in [0.15, 0.2) is 11.6 Å². The van der Waals surface area contributed by atoms with Gasteiger partial charge < -0.3 is 15.1 Å². The average molecular weight is 295 g/mol. The van der Waals surface area contributed by atoms with Gasteiger partial charge in [0, 0.05) is 17.3 Å². The fourth-order valence-corrected chi connectivity index (χ4v) is 2.40. The Labute approximate surface area is 127 Å². The molecule has 2 heterocycles. The second kappa shape index (κ2) is 5.52. The number of H-pyrrole nitrogens is 1. The molecule has 0 aliphatic carbocycles. The van der Waals surface area contributed by atoms with Gasteiger partial charge in [0.1, 0.15) is 0 Å². The molecule has 0 radical (unpaired) electrons. The van der Waals surface area contributed by atoms with Gasteiger partial charge in [-0.1, -0.05) is 26.0 Å². The number of aromatic amines is 1. The largest absolute Gasteiger partial charge is 0.461 e. The van der Waals surface area contributed by atoms with Gasteiger partial charge in [-0.25, -0.2) is 4.98 Å². The van der Waals surface area contributed by atoms with E-state index >= 15 is 0 Å². The third-order valence-electron chi connectivity index (χ3n) is 3.50. The summed E-state index contributed by atoms with van der Waals surface area (Å²) in [5.74, 6) is 1.27. The molecule has 3 aromatic rings. The molecule has 2 aromatic heterocycles. The highest BCUT2D eigenvalue weighted by Gasteiger charge is 2.10. The Hall–Kier alpha value is -2.82. The van der Waals surface area contributed by atoms with Crippen LogP contribution in [0.3, 0.4) is 0 Å². The van der Waals surface area contributed by atoms with Crippen molar-refractivity contribution in [3.63, 3.8) is 0 Å². The highest BCUT2D eigenvalue weighted by atomic mass is 16.3. The number of aromatic nitrogens is 2. The second-order valence-corrected chi connectivity index (χ2v) is 5.45. The lowest BCUT2D eigenvalue weighted by Crippen LogP contribution is -2.08. The minimum Gasteiger partial charge on any atom is -0.461 e. The summed E-state index contributed by atoms with van der Waals surface area (Å²) < 4.78 is 5.28. The van der Waals surface area contributed by atoms with Gasteiger partial charge in [0.2, 0.25) is 0 Å². The number of hydrogen-bond donors (Lipinski definition) is 2. The summed E-state index contributed by atoms with van der Waals surface area (Å²) in [6, 6.07) is 10.7. The fraction of sp³-hybridized carbons (Fsp3) is 0.176. The molecule has 112 valence electrons. The van der Waals surface area contributed by atoms with E-state index in [0.29, 0.717) is 28.9 Å². The van der Waals surface area contributed by atoms with Gasteiger partial charge in [-0.2, -0.15) is 0 Å². The summed E-state index contributed by atoms with van der Waals surface area (Å²) in [6.07, 6.45) is 1.54. The maximum absolute atomic E-state index is 11.9. The van der Waals surface area contributed by atoms with Crippen LogP contribution in [0.15, 0.2) is 51.9 Å². The molecule has 0 aliphatic rings. The van der Waals surface area contributed by atoms with Crippen LogP contribution in [0.4, 0.5) is 5.69 Å². The van der Waals surface area contributed by atoms with E-state index in [1.165, 1.54) is 12.3 Å². The van der Waals surface area contributed by atoms with Gasteiger partial charge in [-0.15, -0.1) is 0 Å². The fourth-order valence-electron chi connectivity index (χ4n) is 2.40. The number of furan rings is 1. The van der Waals surface area contributed by atoms with E-state index in [1.807, 2.05) is 18.2 Å². The van der Waals surface area contributed by atoms with Crippen molar-refractivity contribution >= 4 is 5.69 Å². The molecule has 0 unspecified atom stereocenters. The number of nitrogens with zero attached hydrogens (tertiary/aromatic N) is 1. The van der Waals surface area contributed by atoms with Crippen molar-refractivity contribution < 1.29 is 4.42 Å². The number of nitrogen functional groups attached to an aromatic ring is 1. The Balaban J connectivity index is 2.09. The van der Waals surface area contributed by atoms with Crippen molar-refractivity contribution in [2.24, 2.45) is 0 Å². The zero-order valence-electron chi connectivity index (χ0n) is 12.5. The summed E-state index contributed by atoms with van der Waals surface area (Å²) in [5.41, 5.74) is 9.02. The Kier molecular flexibility index (Phi) is 3.55. The molecule has 22 heavy (non-hydrogen) atoms. The lowest BCUT2D eigenvalue weighted by atomic mass is 9.98. The van der Waals surface area contributed by atoms with Crippen molar-refractivity contribution in [3.05, 3.63) is 58.6 Å². The third kappa shape index (κ3) is 2.65. The Morgan fingerprint density at radius 2 is 2.05 bits per heavy atom. The molecule has 0 bridgehead atoms. The van der Waals surface area contributed by atoms with Crippen LogP contribution in [-0.2, 0) is 0 Å². The van der Waals surface area contributed by atoms with Crippen LogP contribution in [0.5, 0.6) is 0 Å². The molecule has 3 rings (SSSR count). The highest BCUT2D eigenvalue weighted by Crippen LogP contribution is 2.27. The van der Waals surface area contributed by atoms with Crippen molar-refractivity contribution in [2.45, 2.75) is 19.8 Å². The van der Waals surface area contributed by atoms with Crippen molar-refractivity contribution in [1.82, 2.24) is 9.97 Å². The molecule has 0 fully saturated rings. The first-order chi connectivity index (χ1) is 10.5. The van der Waals surface area contributed by atoms with E-state index in [2.05, 4.69) is 23.8 Å². The molecular formula is C17H17N3O2. The van der Waals surface area contributed by atoms with E-state index in [0.717, 1.165) is 11.1 Å². The lowest BCUT2D eigenvalue weighted by Gasteiger charge is -2.11. The molecule has 0 saturated carbocycles. The van der Waals surface area contributed by atoms with E-state index in [1.54, 1.807) is 12.1 Å². The lowest BCUT2D eigenvalue weighted by molar-refractivity contribution is 0.577. The van der Waals surface area contributed by atoms with Crippen LogP contribution in [0, 0.1) is 0 Å². The third-order valence-corrected chi connectivity index (χ3v) is 3.50. The number of benzene rings is 1. The smallest absolute Gasteiger partial charge is 0.251 e. The number of rotatable bonds is 3. The van der Waals surface area contributed by atoms with Gasteiger partial charge in [0.25, 0.3) is 5.56 Å². The molecule has 3 N–H and O–H groups in total. The Bertz CT molecular complexity index is 849. The van der Waals surface area contributed by atoms with Crippen molar-refractivity contribution in [1.29, 1.82) is 0 Å². The van der Waals surface area contributed by atoms with E-state index < -0.39 is 0 Å². The van der Waals surface area contributed by atoms with Gasteiger partial charge >= 0.3 is 0 Å².